The Morgan fingerprint density at radius 1 is 1.25 bits per heavy atom. The number of nitrogens with one attached hydrogen (secondary N) is 2. The van der Waals surface area contributed by atoms with Crippen molar-refractivity contribution < 1.29 is 4.79 Å². The van der Waals surface area contributed by atoms with Crippen LogP contribution in [-0.2, 0) is 11.2 Å². The smallest absolute Gasteiger partial charge is 0.251 e. The molecule has 2 N–H and O–H groups in total. The molecule has 1 aliphatic rings. The van der Waals surface area contributed by atoms with E-state index in [4.69, 9.17) is 0 Å². The molecule has 1 atom stereocenters. The summed E-state index contributed by atoms with van der Waals surface area (Å²) in [5.41, 5.74) is 4.06. The maximum atomic E-state index is 12.1. The summed E-state index contributed by atoms with van der Waals surface area (Å²) in [6, 6.07) is 13.6. The van der Waals surface area contributed by atoms with E-state index in [1.54, 1.807) is 0 Å². The Labute approximate surface area is 126 Å². The van der Waals surface area contributed by atoms with Crippen LogP contribution < -0.4 is 10.6 Å². The minimum Gasteiger partial charge on any atom is -0.370 e. The summed E-state index contributed by atoms with van der Waals surface area (Å²) in [7, 11) is 0. The van der Waals surface area contributed by atoms with Crippen LogP contribution in [0, 0.1) is 0 Å². The predicted octanol–water partition coefficient (Wildman–Crippen LogP) is 4.12. The van der Waals surface area contributed by atoms with E-state index >= 15 is 0 Å². The molecule has 0 aliphatic carbocycles. The van der Waals surface area contributed by atoms with Gasteiger partial charge in [0.25, 0.3) is 5.91 Å². The molecule has 3 nitrogen and oxygen atoms in total. The second-order valence-electron chi connectivity index (χ2n) is 4.82. The van der Waals surface area contributed by atoms with Gasteiger partial charge in [-0.05, 0) is 36.2 Å². The quantitative estimate of drug-likeness (QED) is 0.888. The van der Waals surface area contributed by atoms with Gasteiger partial charge in [-0.25, -0.2) is 0 Å². The normalized spacial score (nSPS) is 16.7. The van der Waals surface area contributed by atoms with Crippen molar-refractivity contribution in [1.82, 2.24) is 0 Å². The zero-order chi connectivity index (χ0) is 14.1. The van der Waals surface area contributed by atoms with E-state index in [1.165, 1.54) is 5.56 Å². The highest BCUT2D eigenvalue weighted by Gasteiger charge is 2.32. The summed E-state index contributed by atoms with van der Waals surface area (Å²) in [5, 5.41) is 6.23. The first-order valence-corrected chi connectivity index (χ1v) is 7.43. The van der Waals surface area contributed by atoms with Crippen molar-refractivity contribution in [2.75, 3.05) is 10.6 Å². The number of fused-ring (bicyclic) bond motifs is 1. The summed E-state index contributed by atoms with van der Waals surface area (Å²) < 4.78 is 0.942. The van der Waals surface area contributed by atoms with Gasteiger partial charge in [0.05, 0.1) is 0 Å². The monoisotopic (exact) mass is 330 g/mol. The Bertz CT molecular complexity index is 669. The van der Waals surface area contributed by atoms with Gasteiger partial charge in [-0.2, -0.15) is 0 Å². The Hall–Kier alpha value is -1.81. The fourth-order valence-electron chi connectivity index (χ4n) is 2.46. The number of carbonyl (C=O) groups excluding carboxylic acids is 1. The molecule has 2 aromatic rings. The van der Waals surface area contributed by atoms with E-state index < -0.39 is 0 Å². The minimum absolute atomic E-state index is 0.0196. The number of hydrogen-bond donors (Lipinski definition) is 2. The Morgan fingerprint density at radius 2 is 2.05 bits per heavy atom. The zero-order valence-corrected chi connectivity index (χ0v) is 12.7. The number of amides is 1. The van der Waals surface area contributed by atoms with Gasteiger partial charge in [0, 0.05) is 21.4 Å². The van der Waals surface area contributed by atoms with Crippen LogP contribution >= 0.6 is 15.9 Å². The second-order valence-corrected chi connectivity index (χ2v) is 5.68. The van der Waals surface area contributed by atoms with Gasteiger partial charge in [-0.15, -0.1) is 0 Å². The first kappa shape index (κ1) is 13.2. The molecule has 0 bridgehead atoms. The molecule has 0 saturated carbocycles. The molecule has 1 heterocycles. The standard InChI is InChI=1S/C16H15BrN2O/c1-2-10-5-3-6-11(9-10)18-15-14-12(17)7-4-8-13(14)19-16(15)20/h3-9,15,18H,2H2,1H3,(H,19,20). The summed E-state index contributed by atoms with van der Waals surface area (Å²) in [6.07, 6.45) is 0.979. The molecule has 102 valence electrons. The molecular weight excluding hydrogens is 316 g/mol. The summed E-state index contributed by atoms with van der Waals surface area (Å²) in [4.78, 5) is 12.1. The second kappa shape index (κ2) is 5.29. The van der Waals surface area contributed by atoms with Gasteiger partial charge >= 0.3 is 0 Å². The highest BCUT2D eigenvalue weighted by atomic mass is 79.9. The van der Waals surface area contributed by atoms with Gasteiger partial charge in [-0.1, -0.05) is 41.1 Å². The third-order valence-corrected chi connectivity index (χ3v) is 4.20. The topological polar surface area (TPSA) is 41.1 Å². The SMILES string of the molecule is CCc1cccc(NC2C(=O)Nc3cccc(Br)c32)c1. The predicted molar refractivity (Wildman–Crippen MR) is 85.0 cm³/mol. The molecular formula is C16H15BrN2O. The van der Waals surface area contributed by atoms with Crippen LogP contribution in [0.5, 0.6) is 0 Å². The Morgan fingerprint density at radius 3 is 2.85 bits per heavy atom. The van der Waals surface area contributed by atoms with Gasteiger partial charge in [0.1, 0.15) is 6.04 Å². The number of rotatable bonds is 3. The van der Waals surface area contributed by atoms with E-state index in [0.29, 0.717) is 0 Å². The molecule has 1 aliphatic heterocycles. The van der Waals surface area contributed by atoms with Crippen LogP contribution in [0.15, 0.2) is 46.9 Å². The number of benzene rings is 2. The molecule has 3 rings (SSSR count). The molecule has 1 amide bonds. The lowest BCUT2D eigenvalue weighted by molar-refractivity contribution is -0.116. The maximum absolute atomic E-state index is 12.1. The van der Waals surface area contributed by atoms with Gasteiger partial charge in [-0.3, -0.25) is 4.79 Å². The van der Waals surface area contributed by atoms with E-state index in [0.717, 1.165) is 27.8 Å². The fraction of sp³-hybridized carbons (Fsp3) is 0.188. The highest BCUT2D eigenvalue weighted by molar-refractivity contribution is 9.10. The molecule has 0 aromatic heterocycles. The van der Waals surface area contributed by atoms with E-state index in [-0.39, 0.29) is 11.9 Å². The maximum Gasteiger partial charge on any atom is 0.251 e. The van der Waals surface area contributed by atoms with E-state index in [1.807, 2.05) is 30.3 Å². The Balaban J connectivity index is 1.94. The molecule has 20 heavy (non-hydrogen) atoms. The minimum atomic E-state index is -0.354. The highest BCUT2D eigenvalue weighted by Crippen LogP contribution is 2.38. The first-order chi connectivity index (χ1) is 9.69. The fourth-order valence-corrected chi connectivity index (χ4v) is 3.06. The average molecular weight is 331 g/mol. The van der Waals surface area contributed by atoms with Gasteiger partial charge < -0.3 is 10.6 Å². The summed E-state index contributed by atoms with van der Waals surface area (Å²) in [6.45, 7) is 2.12. The molecule has 0 radical (unpaired) electrons. The third kappa shape index (κ3) is 2.31. The van der Waals surface area contributed by atoms with Gasteiger partial charge in [0.2, 0.25) is 0 Å². The van der Waals surface area contributed by atoms with Crippen LogP contribution in [0.1, 0.15) is 24.1 Å². The lowest BCUT2D eigenvalue weighted by Gasteiger charge is -2.15. The summed E-state index contributed by atoms with van der Waals surface area (Å²) in [5.74, 6) is -0.0196. The van der Waals surface area contributed by atoms with E-state index in [2.05, 4.69) is 45.6 Å². The molecule has 1 unspecified atom stereocenters. The van der Waals surface area contributed by atoms with Crippen LogP contribution in [0.4, 0.5) is 11.4 Å². The number of carbonyl (C=O) groups is 1. The largest absolute Gasteiger partial charge is 0.370 e. The van der Waals surface area contributed by atoms with Crippen LogP contribution in [0.3, 0.4) is 0 Å². The third-order valence-electron chi connectivity index (χ3n) is 3.51. The zero-order valence-electron chi connectivity index (χ0n) is 11.1. The van der Waals surface area contributed by atoms with Crippen molar-refractivity contribution in [2.24, 2.45) is 0 Å². The lowest BCUT2D eigenvalue weighted by atomic mass is 10.1. The number of halogens is 1. The molecule has 2 aromatic carbocycles. The number of aryl methyl sites for hydroxylation is 1. The van der Waals surface area contributed by atoms with Crippen molar-refractivity contribution in [3.63, 3.8) is 0 Å². The van der Waals surface area contributed by atoms with Crippen LogP contribution in [0.25, 0.3) is 0 Å². The summed E-state index contributed by atoms with van der Waals surface area (Å²) >= 11 is 3.52. The van der Waals surface area contributed by atoms with Crippen molar-refractivity contribution in [1.29, 1.82) is 0 Å². The van der Waals surface area contributed by atoms with E-state index in [9.17, 15) is 4.79 Å². The molecule has 0 spiro atoms. The van der Waals surface area contributed by atoms with Gasteiger partial charge in [0.15, 0.2) is 0 Å². The number of hydrogen-bond acceptors (Lipinski definition) is 2. The van der Waals surface area contributed by atoms with Crippen molar-refractivity contribution in [2.45, 2.75) is 19.4 Å². The lowest BCUT2D eigenvalue weighted by Crippen LogP contribution is -2.19. The first-order valence-electron chi connectivity index (χ1n) is 6.64. The van der Waals surface area contributed by atoms with Crippen molar-refractivity contribution in [3.8, 4) is 0 Å². The molecule has 0 saturated heterocycles. The average Bonchev–Trinajstić information content (AvgIpc) is 2.77. The number of anilines is 2. The van der Waals surface area contributed by atoms with Crippen molar-refractivity contribution >= 4 is 33.2 Å². The Kier molecular flexibility index (Phi) is 3.49. The van der Waals surface area contributed by atoms with Crippen LogP contribution in [-0.4, -0.2) is 5.91 Å². The van der Waals surface area contributed by atoms with Crippen LogP contribution in [0.2, 0.25) is 0 Å². The molecule has 0 fully saturated rings. The molecule has 4 heteroatoms. The van der Waals surface area contributed by atoms with Crippen molar-refractivity contribution in [3.05, 3.63) is 58.1 Å².